The molecular formula is C34H20N4O. The third kappa shape index (κ3) is 2.79. The number of benzene rings is 5. The first-order valence-electron chi connectivity index (χ1n) is 13.0. The molecule has 0 unspecified atom stereocenters. The Labute approximate surface area is 222 Å². The summed E-state index contributed by atoms with van der Waals surface area (Å²) in [6.45, 7) is 0. The Kier molecular flexibility index (Phi) is 3.99. The van der Waals surface area contributed by atoms with E-state index >= 15 is 0 Å². The summed E-state index contributed by atoms with van der Waals surface area (Å²) in [6, 6.07) is 41.9. The lowest BCUT2D eigenvalue weighted by Gasteiger charge is -2.12. The number of fused-ring (bicyclic) bond motifs is 11. The third-order valence-corrected chi connectivity index (χ3v) is 7.73. The van der Waals surface area contributed by atoms with Crippen LogP contribution in [0, 0.1) is 0 Å². The van der Waals surface area contributed by atoms with Crippen LogP contribution in [-0.4, -0.2) is 18.9 Å². The van der Waals surface area contributed by atoms with Crippen LogP contribution in [0.5, 0.6) is 0 Å². The molecule has 0 atom stereocenters. The lowest BCUT2D eigenvalue weighted by atomic mass is 10.1. The van der Waals surface area contributed by atoms with Crippen molar-refractivity contribution >= 4 is 60.5 Å². The second-order valence-electron chi connectivity index (χ2n) is 9.89. The lowest BCUT2D eigenvalue weighted by Crippen LogP contribution is -1.99. The number of hydrogen-bond donors (Lipinski definition) is 0. The van der Waals surface area contributed by atoms with Gasteiger partial charge in [0.1, 0.15) is 16.7 Å². The van der Waals surface area contributed by atoms with Crippen LogP contribution in [0.2, 0.25) is 0 Å². The zero-order chi connectivity index (χ0) is 25.5. The van der Waals surface area contributed by atoms with Gasteiger partial charge >= 0.3 is 0 Å². The highest BCUT2D eigenvalue weighted by Gasteiger charge is 2.21. The Morgan fingerprint density at radius 3 is 2.03 bits per heavy atom. The molecule has 4 heterocycles. The van der Waals surface area contributed by atoms with Gasteiger partial charge in [0.2, 0.25) is 5.89 Å². The molecule has 0 aliphatic heterocycles. The van der Waals surface area contributed by atoms with E-state index in [0.717, 1.165) is 61.0 Å². The van der Waals surface area contributed by atoms with Crippen molar-refractivity contribution in [1.82, 2.24) is 18.9 Å². The van der Waals surface area contributed by atoms with Gasteiger partial charge in [0.15, 0.2) is 11.2 Å². The third-order valence-electron chi connectivity index (χ3n) is 7.73. The summed E-state index contributed by atoms with van der Waals surface area (Å²) < 4.78 is 10.7. The molecule has 0 spiro atoms. The van der Waals surface area contributed by atoms with Gasteiger partial charge in [0.25, 0.3) is 0 Å². The maximum atomic E-state index is 6.03. The Morgan fingerprint density at radius 2 is 1.21 bits per heavy atom. The molecule has 0 radical (unpaired) electrons. The lowest BCUT2D eigenvalue weighted by molar-refractivity contribution is 0.620. The van der Waals surface area contributed by atoms with E-state index in [1.807, 2.05) is 24.3 Å². The van der Waals surface area contributed by atoms with Crippen molar-refractivity contribution in [2.75, 3.05) is 0 Å². The second-order valence-corrected chi connectivity index (χ2v) is 9.89. The summed E-state index contributed by atoms with van der Waals surface area (Å²) in [5.41, 5.74) is 8.93. The van der Waals surface area contributed by atoms with Crippen LogP contribution < -0.4 is 0 Å². The molecule has 5 aromatic carbocycles. The maximum Gasteiger partial charge on any atom is 0.227 e. The number of imidazole rings is 1. The molecular weight excluding hydrogens is 480 g/mol. The van der Waals surface area contributed by atoms with Crippen molar-refractivity contribution in [2.45, 2.75) is 0 Å². The molecule has 0 aliphatic rings. The molecule has 39 heavy (non-hydrogen) atoms. The summed E-state index contributed by atoms with van der Waals surface area (Å²) in [7, 11) is 0. The average Bonchev–Trinajstić information content (AvgIpc) is 3.69. The van der Waals surface area contributed by atoms with Gasteiger partial charge < -0.3 is 4.42 Å². The first kappa shape index (κ1) is 20.6. The first-order valence-corrected chi connectivity index (χ1v) is 13.0. The maximum absolute atomic E-state index is 6.03. The zero-order valence-corrected chi connectivity index (χ0v) is 20.7. The molecule has 9 rings (SSSR count). The van der Waals surface area contributed by atoms with Gasteiger partial charge in [-0.1, -0.05) is 72.8 Å². The largest absolute Gasteiger partial charge is 0.436 e. The molecule has 0 bridgehead atoms. The van der Waals surface area contributed by atoms with Crippen LogP contribution in [0.1, 0.15) is 0 Å². The Bertz CT molecular complexity index is 2360. The Hall–Kier alpha value is -5.42. The summed E-state index contributed by atoms with van der Waals surface area (Å²) in [6.07, 6.45) is 0. The van der Waals surface area contributed by atoms with Gasteiger partial charge in [-0.2, -0.15) is 0 Å². The quantitative estimate of drug-likeness (QED) is 0.223. The van der Waals surface area contributed by atoms with Crippen molar-refractivity contribution in [1.29, 1.82) is 0 Å². The van der Waals surface area contributed by atoms with Crippen LogP contribution in [0.3, 0.4) is 0 Å². The van der Waals surface area contributed by atoms with Gasteiger partial charge in [0.05, 0.1) is 11.0 Å². The minimum atomic E-state index is 0.623. The highest BCUT2D eigenvalue weighted by atomic mass is 16.3. The summed E-state index contributed by atoms with van der Waals surface area (Å²) in [5.74, 6) is 0.623. The molecule has 5 heteroatoms. The van der Waals surface area contributed by atoms with Gasteiger partial charge in [-0.25, -0.2) is 9.97 Å². The Balaban J connectivity index is 1.37. The van der Waals surface area contributed by atoms with E-state index in [4.69, 9.17) is 9.40 Å². The SMILES string of the molecule is c1ccc2oc(-c3ccc(-n4c5ccccc5c5nc6c7ccccc7c7ccccc7n6c54)cc3)nc2c1. The van der Waals surface area contributed by atoms with E-state index in [9.17, 15) is 0 Å². The van der Waals surface area contributed by atoms with E-state index in [-0.39, 0.29) is 0 Å². The first-order chi connectivity index (χ1) is 19.3. The fraction of sp³-hybridized carbons (Fsp3) is 0. The number of rotatable bonds is 2. The topological polar surface area (TPSA) is 48.3 Å². The summed E-state index contributed by atoms with van der Waals surface area (Å²) in [4.78, 5) is 9.96. The van der Waals surface area contributed by atoms with Crippen LogP contribution in [0.4, 0.5) is 0 Å². The molecule has 9 aromatic rings. The van der Waals surface area contributed by atoms with Crippen molar-refractivity contribution < 1.29 is 4.42 Å². The smallest absolute Gasteiger partial charge is 0.227 e. The van der Waals surface area contributed by atoms with Gasteiger partial charge in [-0.15, -0.1) is 0 Å². The molecule has 0 fully saturated rings. The van der Waals surface area contributed by atoms with Crippen LogP contribution in [0.15, 0.2) is 126 Å². The molecule has 4 aromatic heterocycles. The molecule has 0 saturated heterocycles. The summed E-state index contributed by atoms with van der Waals surface area (Å²) >= 11 is 0. The minimum Gasteiger partial charge on any atom is -0.436 e. The van der Waals surface area contributed by atoms with Crippen LogP contribution >= 0.6 is 0 Å². The molecule has 0 aliphatic carbocycles. The fourth-order valence-corrected chi connectivity index (χ4v) is 6.01. The molecule has 0 N–H and O–H groups in total. The van der Waals surface area contributed by atoms with E-state index < -0.39 is 0 Å². The molecule has 5 nitrogen and oxygen atoms in total. The molecule has 0 amide bonds. The van der Waals surface area contributed by atoms with E-state index in [1.165, 1.54) is 10.8 Å². The van der Waals surface area contributed by atoms with E-state index in [0.29, 0.717) is 5.89 Å². The van der Waals surface area contributed by atoms with Gasteiger partial charge in [-0.3, -0.25) is 8.97 Å². The van der Waals surface area contributed by atoms with E-state index in [2.05, 4.69) is 111 Å². The Morgan fingerprint density at radius 1 is 0.538 bits per heavy atom. The minimum absolute atomic E-state index is 0.623. The van der Waals surface area contributed by atoms with Crippen LogP contribution in [0.25, 0.3) is 77.6 Å². The standard InChI is InChI=1S/C34H20N4O/c1-2-11-25-23(9-1)24-10-3-6-14-28(24)38-32(25)36-31-26-12-4-7-15-29(26)37(34(31)38)22-19-17-21(18-20-22)33-35-27-13-5-8-16-30(27)39-33/h1-20H. The van der Waals surface area contributed by atoms with Crippen molar-refractivity contribution in [3.8, 4) is 17.1 Å². The van der Waals surface area contributed by atoms with Crippen molar-refractivity contribution in [3.63, 3.8) is 0 Å². The summed E-state index contributed by atoms with van der Waals surface area (Å²) in [5, 5.41) is 4.71. The zero-order valence-electron chi connectivity index (χ0n) is 20.7. The number of pyridine rings is 1. The average molecular weight is 501 g/mol. The number of aromatic nitrogens is 4. The van der Waals surface area contributed by atoms with Crippen molar-refractivity contribution in [3.05, 3.63) is 121 Å². The predicted octanol–water partition coefficient (Wildman–Crippen LogP) is 8.55. The number of oxazole rings is 1. The number of para-hydroxylation sites is 4. The monoisotopic (exact) mass is 500 g/mol. The highest BCUT2D eigenvalue weighted by Crippen LogP contribution is 2.38. The number of hydrogen-bond acceptors (Lipinski definition) is 3. The number of nitrogens with zero attached hydrogens (tertiary/aromatic N) is 4. The van der Waals surface area contributed by atoms with Crippen molar-refractivity contribution in [2.24, 2.45) is 0 Å². The molecule has 0 saturated carbocycles. The van der Waals surface area contributed by atoms with E-state index in [1.54, 1.807) is 0 Å². The molecule has 182 valence electrons. The van der Waals surface area contributed by atoms with Crippen LogP contribution in [-0.2, 0) is 0 Å². The second kappa shape index (κ2) is 7.55. The normalized spacial score (nSPS) is 12.1. The predicted molar refractivity (Wildman–Crippen MR) is 158 cm³/mol. The fourth-order valence-electron chi connectivity index (χ4n) is 6.01. The van der Waals surface area contributed by atoms with Gasteiger partial charge in [-0.05, 0) is 53.9 Å². The van der Waals surface area contributed by atoms with Gasteiger partial charge in [0, 0.05) is 27.4 Å². The highest BCUT2D eigenvalue weighted by molar-refractivity contribution is 6.16.